The first kappa shape index (κ1) is 22.6. The fourth-order valence-electron chi connectivity index (χ4n) is 3.62. The largest absolute Gasteiger partial charge is 0.497 e. The summed E-state index contributed by atoms with van der Waals surface area (Å²) in [5.74, 6) is 1.05. The second kappa shape index (κ2) is 10.8. The van der Waals surface area contributed by atoms with Crippen LogP contribution in [0.15, 0.2) is 84.0 Å². The van der Waals surface area contributed by atoms with Crippen LogP contribution < -0.4 is 10.2 Å². The zero-order valence-corrected chi connectivity index (χ0v) is 19.1. The minimum atomic E-state index is -0.295. The van der Waals surface area contributed by atoms with Crippen molar-refractivity contribution in [3.8, 4) is 5.75 Å². The number of hydrazone groups is 1. The molecule has 7 heteroatoms. The lowest BCUT2D eigenvalue weighted by atomic mass is 10.1. The molecule has 1 aliphatic rings. The van der Waals surface area contributed by atoms with Crippen molar-refractivity contribution in [1.82, 2.24) is 10.3 Å². The van der Waals surface area contributed by atoms with Crippen LogP contribution in [0, 0.1) is 0 Å². The number of carbonyl (C=O) groups is 2. The van der Waals surface area contributed by atoms with Crippen LogP contribution in [-0.4, -0.2) is 42.3 Å². The highest BCUT2D eigenvalue weighted by Gasteiger charge is 2.32. The van der Waals surface area contributed by atoms with Crippen LogP contribution in [0.5, 0.6) is 5.75 Å². The summed E-state index contributed by atoms with van der Waals surface area (Å²) in [4.78, 5) is 26.8. The lowest BCUT2D eigenvalue weighted by molar-refractivity contribution is -0.128. The molecule has 6 nitrogen and oxygen atoms in total. The number of hydrogen-bond donors (Lipinski definition) is 1. The van der Waals surface area contributed by atoms with E-state index in [0.29, 0.717) is 17.9 Å². The van der Waals surface area contributed by atoms with Gasteiger partial charge in [-0.3, -0.25) is 9.59 Å². The van der Waals surface area contributed by atoms with Gasteiger partial charge in [0.2, 0.25) is 5.91 Å². The molecule has 168 valence electrons. The van der Waals surface area contributed by atoms with E-state index in [1.54, 1.807) is 37.2 Å². The molecule has 0 spiro atoms. The summed E-state index contributed by atoms with van der Waals surface area (Å²) >= 11 is 1.62. The van der Waals surface area contributed by atoms with Gasteiger partial charge in [-0.1, -0.05) is 54.6 Å². The van der Waals surface area contributed by atoms with Gasteiger partial charge in [-0.15, -0.1) is 11.8 Å². The van der Waals surface area contributed by atoms with Crippen molar-refractivity contribution in [2.75, 3.05) is 19.4 Å². The van der Waals surface area contributed by atoms with Gasteiger partial charge in [-0.25, -0.2) is 5.43 Å². The topological polar surface area (TPSA) is 71.0 Å². The number of benzene rings is 3. The molecule has 1 N–H and O–H groups in total. The Hall–Kier alpha value is -3.58. The molecule has 0 radical (unpaired) electrons. The summed E-state index contributed by atoms with van der Waals surface area (Å²) in [5.41, 5.74) is 6.10. The maximum Gasteiger partial charge on any atom is 0.271 e. The maximum atomic E-state index is 12.4. The van der Waals surface area contributed by atoms with Crippen molar-refractivity contribution in [3.63, 3.8) is 0 Å². The minimum absolute atomic E-state index is 0.0376. The van der Waals surface area contributed by atoms with E-state index in [2.05, 4.69) is 22.7 Å². The van der Waals surface area contributed by atoms with Gasteiger partial charge in [0.1, 0.15) is 11.1 Å². The van der Waals surface area contributed by atoms with E-state index in [-0.39, 0.29) is 17.2 Å². The van der Waals surface area contributed by atoms with Crippen LogP contribution >= 0.6 is 11.8 Å². The maximum absolute atomic E-state index is 12.4. The van der Waals surface area contributed by atoms with Gasteiger partial charge < -0.3 is 9.64 Å². The van der Waals surface area contributed by atoms with Crippen LogP contribution in [0.1, 0.15) is 32.4 Å². The molecule has 0 aliphatic carbocycles. The zero-order valence-electron chi connectivity index (χ0n) is 18.3. The number of hydrogen-bond acceptors (Lipinski definition) is 5. The van der Waals surface area contributed by atoms with E-state index >= 15 is 0 Å². The number of ether oxygens (including phenoxy) is 1. The standard InChI is InChI=1S/C26H25N3O3S/c1-32-23-9-5-8-20(16-23)17-27-28-25(31)21-10-12-22(13-11-21)26-29(24(30)18-33-26)15-14-19-6-3-2-4-7-19/h2-13,16-17,26H,14-15,18H2,1H3,(H,28,31)/b27-17-/t26-/m1/s1. The van der Waals surface area contributed by atoms with E-state index in [9.17, 15) is 9.59 Å². The number of carbonyl (C=O) groups excluding carboxylic acids is 2. The Labute approximate surface area is 197 Å². The first-order valence-electron chi connectivity index (χ1n) is 10.7. The fraction of sp³-hybridized carbons (Fsp3) is 0.192. The Kier molecular flexibility index (Phi) is 7.42. The van der Waals surface area contributed by atoms with Crippen molar-refractivity contribution in [2.24, 2.45) is 5.10 Å². The van der Waals surface area contributed by atoms with Crippen LogP contribution in [0.2, 0.25) is 0 Å². The Morgan fingerprint density at radius 3 is 2.67 bits per heavy atom. The normalized spacial score (nSPS) is 15.7. The number of methoxy groups -OCH3 is 1. The molecular formula is C26H25N3O3S. The molecular weight excluding hydrogens is 434 g/mol. The summed E-state index contributed by atoms with van der Waals surface area (Å²) < 4.78 is 5.18. The van der Waals surface area contributed by atoms with Crippen molar-refractivity contribution in [1.29, 1.82) is 0 Å². The average Bonchev–Trinajstić information content (AvgIpc) is 3.23. The minimum Gasteiger partial charge on any atom is -0.497 e. The Balaban J connectivity index is 1.36. The summed E-state index contributed by atoms with van der Waals surface area (Å²) in [6.45, 7) is 0.668. The lowest BCUT2D eigenvalue weighted by Crippen LogP contribution is -2.30. The van der Waals surface area contributed by atoms with Crippen LogP contribution in [0.3, 0.4) is 0 Å². The molecule has 1 heterocycles. The van der Waals surface area contributed by atoms with Crippen molar-refractivity contribution in [3.05, 3.63) is 101 Å². The number of amides is 2. The highest BCUT2D eigenvalue weighted by atomic mass is 32.2. The first-order chi connectivity index (χ1) is 16.1. The second-order valence-electron chi connectivity index (χ2n) is 7.58. The molecule has 1 atom stereocenters. The van der Waals surface area contributed by atoms with Crippen LogP contribution in [-0.2, 0) is 11.2 Å². The average molecular weight is 460 g/mol. The van der Waals surface area contributed by atoms with Gasteiger partial charge in [0.25, 0.3) is 5.91 Å². The first-order valence-corrected chi connectivity index (χ1v) is 11.7. The molecule has 3 aromatic rings. The molecule has 33 heavy (non-hydrogen) atoms. The SMILES string of the molecule is COc1cccc(/C=N\NC(=O)c2ccc([C@H]3SCC(=O)N3CCc3ccccc3)cc2)c1. The summed E-state index contributed by atoms with van der Waals surface area (Å²) in [5, 5.41) is 3.99. The van der Waals surface area contributed by atoms with Crippen molar-refractivity contribution >= 4 is 29.8 Å². The predicted molar refractivity (Wildman–Crippen MR) is 132 cm³/mol. The third-order valence-corrected chi connectivity index (χ3v) is 6.64. The second-order valence-corrected chi connectivity index (χ2v) is 8.65. The lowest BCUT2D eigenvalue weighted by Gasteiger charge is -2.24. The van der Waals surface area contributed by atoms with Gasteiger partial charge in [-0.05, 0) is 47.4 Å². The van der Waals surface area contributed by atoms with Gasteiger partial charge in [-0.2, -0.15) is 5.10 Å². The predicted octanol–water partition coefficient (Wildman–Crippen LogP) is 4.28. The van der Waals surface area contributed by atoms with Crippen LogP contribution in [0.4, 0.5) is 0 Å². The molecule has 0 aromatic heterocycles. The molecule has 1 fully saturated rings. The van der Waals surface area contributed by atoms with Gasteiger partial charge in [0.15, 0.2) is 0 Å². The van der Waals surface area contributed by atoms with E-state index in [1.165, 1.54) is 5.56 Å². The summed E-state index contributed by atoms with van der Waals surface area (Å²) in [6.07, 6.45) is 2.38. The molecule has 3 aromatic carbocycles. The van der Waals surface area contributed by atoms with Crippen molar-refractivity contribution in [2.45, 2.75) is 11.8 Å². The number of nitrogens with zero attached hydrogens (tertiary/aromatic N) is 2. The van der Waals surface area contributed by atoms with Crippen LogP contribution in [0.25, 0.3) is 0 Å². The Bertz CT molecular complexity index is 1130. The monoisotopic (exact) mass is 459 g/mol. The smallest absolute Gasteiger partial charge is 0.271 e. The molecule has 0 saturated carbocycles. The zero-order chi connectivity index (χ0) is 23.0. The van der Waals surface area contributed by atoms with E-state index in [4.69, 9.17) is 4.74 Å². The van der Waals surface area contributed by atoms with Gasteiger partial charge in [0, 0.05) is 12.1 Å². The molecule has 2 amide bonds. The van der Waals surface area contributed by atoms with Gasteiger partial charge in [0.05, 0.1) is 19.1 Å². The Morgan fingerprint density at radius 2 is 1.91 bits per heavy atom. The fourth-order valence-corrected chi connectivity index (χ4v) is 4.84. The third-order valence-electron chi connectivity index (χ3n) is 5.38. The highest BCUT2D eigenvalue weighted by Crippen LogP contribution is 2.38. The number of rotatable bonds is 8. The Morgan fingerprint density at radius 1 is 1.12 bits per heavy atom. The quantitative estimate of drug-likeness (QED) is 0.403. The van der Waals surface area contributed by atoms with E-state index in [0.717, 1.165) is 23.3 Å². The van der Waals surface area contributed by atoms with E-state index < -0.39 is 0 Å². The van der Waals surface area contributed by atoms with Gasteiger partial charge >= 0.3 is 0 Å². The third kappa shape index (κ3) is 5.81. The molecule has 4 rings (SSSR count). The number of thioether (sulfide) groups is 1. The molecule has 0 unspecified atom stereocenters. The van der Waals surface area contributed by atoms with E-state index in [1.807, 2.05) is 59.5 Å². The molecule has 1 saturated heterocycles. The van der Waals surface area contributed by atoms with Crippen molar-refractivity contribution < 1.29 is 14.3 Å². The highest BCUT2D eigenvalue weighted by molar-refractivity contribution is 8.00. The number of nitrogens with one attached hydrogen (secondary N) is 1. The summed E-state index contributed by atoms with van der Waals surface area (Å²) in [7, 11) is 1.60. The molecule has 1 aliphatic heterocycles. The summed E-state index contributed by atoms with van der Waals surface area (Å²) in [6, 6.07) is 24.9. The molecule has 0 bridgehead atoms.